The second-order valence-electron chi connectivity index (χ2n) is 10.2. The molecule has 1 atom stereocenters. The number of benzene rings is 1. The van der Waals surface area contributed by atoms with Crippen LogP contribution in [0.1, 0.15) is 80.4 Å². The van der Waals surface area contributed by atoms with E-state index < -0.39 is 0 Å². The Morgan fingerprint density at radius 2 is 2.11 bits per heavy atom. The van der Waals surface area contributed by atoms with Gasteiger partial charge in [-0.3, -0.25) is 4.68 Å². The zero-order chi connectivity index (χ0) is 24.6. The van der Waals surface area contributed by atoms with Gasteiger partial charge in [0.25, 0.3) is 0 Å². The number of aromatic nitrogens is 5. The molecule has 9 heteroatoms. The molecule has 0 spiro atoms. The highest BCUT2D eigenvalue weighted by Crippen LogP contribution is 2.45. The number of hydrogen-bond donors (Lipinski definition) is 1. The molecule has 1 aromatic carbocycles. The molecule has 2 aliphatic heterocycles. The highest BCUT2D eigenvalue weighted by molar-refractivity contribution is 5.85. The number of rotatable bonds is 6. The zero-order valence-corrected chi connectivity index (χ0v) is 21.2. The Morgan fingerprint density at radius 1 is 1.22 bits per heavy atom. The number of amides is 2. The van der Waals surface area contributed by atoms with Crippen molar-refractivity contribution < 1.29 is 9.53 Å². The smallest absolute Gasteiger partial charge is 0.317 e. The van der Waals surface area contributed by atoms with Crippen LogP contribution in [0.2, 0.25) is 0 Å². The van der Waals surface area contributed by atoms with Gasteiger partial charge in [-0.05, 0) is 74.1 Å². The Bertz CT molecular complexity index is 1300. The molecule has 2 aromatic heterocycles. The van der Waals surface area contributed by atoms with Crippen LogP contribution < -0.4 is 5.32 Å². The highest BCUT2D eigenvalue weighted by Gasteiger charge is 2.30. The summed E-state index contributed by atoms with van der Waals surface area (Å²) in [6.07, 6.45) is 11.5. The summed E-state index contributed by atoms with van der Waals surface area (Å²) >= 11 is 0. The lowest BCUT2D eigenvalue weighted by atomic mass is 9.96. The maximum atomic E-state index is 12.1. The van der Waals surface area contributed by atoms with E-state index in [-0.39, 0.29) is 12.3 Å². The number of nitrogens with zero attached hydrogens (tertiary/aromatic N) is 6. The molecule has 1 N–H and O–H groups in total. The molecule has 6 rings (SSSR count). The van der Waals surface area contributed by atoms with Gasteiger partial charge in [-0.2, -0.15) is 10.2 Å². The minimum Gasteiger partial charge on any atom is -0.356 e. The van der Waals surface area contributed by atoms with Crippen LogP contribution in [0.3, 0.4) is 0 Å². The molecule has 1 unspecified atom stereocenters. The summed E-state index contributed by atoms with van der Waals surface area (Å²) in [5.41, 5.74) is 5.03. The molecule has 190 valence electrons. The minimum absolute atomic E-state index is 0.0103. The first-order valence-electron chi connectivity index (χ1n) is 13.3. The quantitative estimate of drug-likeness (QED) is 0.562. The van der Waals surface area contributed by atoms with E-state index in [2.05, 4.69) is 28.2 Å². The average molecular weight is 490 g/mol. The molecule has 0 radical (unpaired) electrons. The molecule has 4 heterocycles. The molecule has 36 heavy (non-hydrogen) atoms. The van der Waals surface area contributed by atoms with Crippen molar-refractivity contribution in [3.05, 3.63) is 47.2 Å². The van der Waals surface area contributed by atoms with Crippen molar-refractivity contribution in [1.82, 2.24) is 34.8 Å². The van der Waals surface area contributed by atoms with E-state index in [1.807, 2.05) is 29.7 Å². The molecular weight excluding hydrogens is 454 g/mol. The Morgan fingerprint density at radius 3 is 2.83 bits per heavy atom. The van der Waals surface area contributed by atoms with Crippen molar-refractivity contribution in [2.75, 3.05) is 26.2 Å². The van der Waals surface area contributed by atoms with Gasteiger partial charge < -0.3 is 15.0 Å². The molecule has 3 aliphatic rings. The predicted octanol–water partition coefficient (Wildman–Crippen LogP) is 4.15. The van der Waals surface area contributed by atoms with Gasteiger partial charge in [-0.1, -0.05) is 12.1 Å². The number of aryl methyl sites for hydroxylation is 1. The summed E-state index contributed by atoms with van der Waals surface area (Å²) in [5.74, 6) is 2.34. The zero-order valence-electron chi connectivity index (χ0n) is 21.2. The molecular formula is C27H35N7O2. The number of hydrogen-bond acceptors (Lipinski definition) is 5. The van der Waals surface area contributed by atoms with E-state index >= 15 is 0 Å². The van der Waals surface area contributed by atoms with Gasteiger partial charge in [-0.15, -0.1) is 0 Å². The first-order valence-corrected chi connectivity index (χ1v) is 13.3. The lowest BCUT2D eigenvalue weighted by Gasteiger charge is -2.25. The van der Waals surface area contributed by atoms with Crippen LogP contribution in [0, 0.1) is 0 Å². The van der Waals surface area contributed by atoms with Crippen molar-refractivity contribution >= 4 is 22.5 Å². The summed E-state index contributed by atoms with van der Waals surface area (Å²) in [6.45, 7) is 4.66. The SMILES string of the molecule is CCNC(=O)N1CC=C(c2nc(Cc3ccc4c(cnn4C4CCCCO4)c3C3CC3)n(C)n2)CC1. The Balaban J connectivity index is 1.25. The normalized spacial score (nSPS) is 20.6. The van der Waals surface area contributed by atoms with Crippen molar-refractivity contribution in [1.29, 1.82) is 0 Å². The van der Waals surface area contributed by atoms with Crippen LogP contribution in [0.5, 0.6) is 0 Å². The largest absolute Gasteiger partial charge is 0.356 e. The van der Waals surface area contributed by atoms with E-state index in [1.165, 1.54) is 41.3 Å². The van der Waals surface area contributed by atoms with Crippen molar-refractivity contribution in [2.24, 2.45) is 7.05 Å². The summed E-state index contributed by atoms with van der Waals surface area (Å²) < 4.78 is 10.0. The summed E-state index contributed by atoms with van der Waals surface area (Å²) in [4.78, 5) is 18.9. The van der Waals surface area contributed by atoms with Crippen molar-refractivity contribution in [3.63, 3.8) is 0 Å². The second kappa shape index (κ2) is 9.69. The first kappa shape index (κ1) is 23.2. The fourth-order valence-corrected chi connectivity index (χ4v) is 5.54. The third-order valence-electron chi connectivity index (χ3n) is 7.64. The van der Waals surface area contributed by atoms with Crippen molar-refractivity contribution in [3.8, 4) is 0 Å². The molecule has 1 saturated carbocycles. The number of carbonyl (C=O) groups is 1. The maximum Gasteiger partial charge on any atom is 0.317 e. The number of nitrogens with one attached hydrogen (secondary N) is 1. The van der Waals surface area contributed by atoms with Crippen LogP contribution in [0.15, 0.2) is 24.4 Å². The van der Waals surface area contributed by atoms with Gasteiger partial charge in [0.15, 0.2) is 12.1 Å². The number of carbonyl (C=O) groups excluding carboxylic acids is 1. The molecule has 2 fully saturated rings. The molecule has 2 amide bonds. The number of ether oxygens (including phenoxy) is 1. The van der Waals surface area contributed by atoms with E-state index in [0.717, 1.165) is 49.5 Å². The molecule has 0 bridgehead atoms. The number of fused-ring (bicyclic) bond motifs is 1. The van der Waals surface area contributed by atoms with Gasteiger partial charge in [0.1, 0.15) is 5.82 Å². The van der Waals surface area contributed by atoms with Gasteiger partial charge in [0.05, 0.1) is 11.7 Å². The summed E-state index contributed by atoms with van der Waals surface area (Å²) in [5, 5.41) is 13.6. The van der Waals surface area contributed by atoms with Crippen LogP contribution >= 0.6 is 0 Å². The summed E-state index contributed by atoms with van der Waals surface area (Å²) in [7, 11) is 1.98. The standard InChI is InChI=1S/C27H35N7O2/c1-3-28-27(35)33-13-11-19(12-14-33)26-30-23(32(2)31-26)16-20-9-10-22-21(25(20)18-7-8-18)17-29-34(22)24-6-4-5-15-36-24/h9-11,17-18,24H,3-8,12-16H2,1-2H3,(H,28,35). The van der Waals surface area contributed by atoms with E-state index in [0.29, 0.717) is 25.6 Å². The monoisotopic (exact) mass is 489 g/mol. The third kappa shape index (κ3) is 4.40. The maximum absolute atomic E-state index is 12.1. The van der Waals surface area contributed by atoms with Gasteiger partial charge >= 0.3 is 6.03 Å². The molecule has 9 nitrogen and oxygen atoms in total. The van der Waals surface area contributed by atoms with Gasteiger partial charge in [-0.25, -0.2) is 14.5 Å². The van der Waals surface area contributed by atoms with Crippen molar-refractivity contribution in [2.45, 2.75) is 64.0 Å². The predicted molar refractivity (Wildman–Crippen MR) is 138 cm³/mol. The van der Waals surface area contributed by atoms with E-state index in [1.54, 1.807) is 0 Å². The Kier molecular flexibility index (Phi) is 6.25. The lowest BCUT2D eigenvalue weighted by molar-refractivity contribution is -0.0366. The van der Waals surface area contributed by atoms with Crippen LogP contribution in [-0.4, -0.2) is 61.7 Å². The third-order valence-corrected chi connectivity index (χ3v) is 7.64. The fourth-order valence-electron chi connectivity index (χ4n) is 5.54. The van der Waals surface area contributed by atoms with Crippen LogP contribution in [0.4, 0.5) is 4.79 Å². The minimum atomic E-state index is -0.0103. The Labute approximate surface area is 211 Å². The lowest BCUT2D eigenvalue weighted by Crippen LogP contribution is -2.42. The van der Waals surface area contributed by atoms with Gasteiger partial charge in [0, 0.05) is 45.1 Å². The Hall–Kier alpha value is -3.20. The molecule has 3 aromatic rings. The summed E-state index contributed by atoms with van der Waals surface area (Å²) in [6, 6.07) is 4.46. The van der Waals surface area contributed by atoms with E-state index in [4.69, 9.17) is 19.9 Å². The van der Waals surface area contributed by atoms with Crippen LogP contribution in [0.25, 0.3) is 16.5 Å². The fraction of sp³-hybridized carbons (Fsp3) is 0.556. The van der Waals surface area contributed by atoms with Gasteiger partial charge in [0.2, 0.25) is 0 Å². The second-order valence-corrected chi connectivity index (χ2v) is 10.2. The first-order chi connectivity index (χ1) is 17.6. The topological polar surface area (TPSA) is 90.1 Å². The molecule has 1 aliphatic carbocycles. The number of urea groups is 1. The highest BCUT2D eigenvalue weighted by atomic mass is 16.5. The van der Waals surface area contributed by atoms with Crippen LogP contribution in [-0.2, 0) is 18.2 Å². The average Bonchev–Trinajstić information content (AvgIpc) is 3.55. The molecule has 1 saturated heterocycles. The van der Waals surface area contributed by atoms with E-state index in [9.17, 15) is 4.79 Å².